The van der Waals surface area contributed by atoms with Crippen LogP contribution in [0.3, 0.4) is 0 Å². The molecule has 0 aliphatic heterocycles. The Balaban J connectivity index is 2.98. The first kappa shape index (κ1) is 16.9. The van der Waals surface area contributed by atoms with E-state index in [1.54, 1.807) is 7.05 Å². The highest BCUT2D eigenvalue weighted by molar-refractivity contribution is 7.89. The van der Waals surface area contributed by atoms with Crippen molar-refractivity contribution in [2.24, 2.45) is 0 Å². The number of hydrogen-bond acceptors (Lipinski definition) is 3. The molecule has 4 nitrogen and oxygen atoms in total. The summed E-state index contributed by atoms with van der Waals surface area (Å²) in [4.78, 5) is -0.348. The minimum absolute atomic E-state index is 0.236. The maximum Gasteiger partial charge on any atom is 0.416 e. The van der Waals surface area contributed by atoms with Crippen molar-refractivity contribution in [3.05, 3.63) is 29.8 Å². The smallest absolute Gasteiger partial charge is 0.320 e. The first-order valence-corrected chi connectivity index (χ1v) is 7.42. The number of nitrogens with one attached hydrogen (secondary N) is 1. The quantitative estimate of drug-likeness (QED) is 0.817. The van der Waals surface area contributed by atoms with Crippen molar-refractivity contribution in [1.29, 1.82) is 0 Å². The molecule has 0 fully saturated rings. The van der Waals surface area contributed by atoms with Gasteiger partial charge in [0.25, 0.3) is 0 Å². The highest BCUT2D eigenvalue weighted by Gasteiger charge is 2.32. The number of halogens is 3. The van der Waals surface area contributed by atoms with Gasteiger partial charge < -0.3 is 5.32 Å². The van der Waals surface area contributed by atoms with Crippen molar-refractivity contribution in [2.75, 3.05) is 27.2 Å². The summed E-state index contributed by atoms with van der Waals surface area (Å²) in [6, 6.07) is 3.76. The first-order chi connectivity index (χ1) is 9.19. The van der Waals surface area contributed by atoms with Gasteiger partial charge in [-0.2, -0.15) is 13.2 Å². The molecular weight excluding hydrogens is 293 g/mol. The van der Waals surface area contributed by atoms with Crippen LogP contribution >= 0.6 is 0 Å². The lowest BCUT2D eigenvalue weighted by atomic mass is 10.2. The Kier molecular flexibility index (Phi) is 5.55. The highest BCUT2D eigenvalue weighted by atomic mass is 32.2. The predicted molar refractivity (Wildman–Crippen MR) is 69.8 cm³/mol. The molecule has 0 amide bonds. The fourth-order valence-electron chi connectivity index (χ4n) is 1.61. The van der Waals surface area contributed by atoms with Gasteiger partial charge in [0.2, 0.25) is 10.0 Å². The number of sulfonamides is 1. The summed E-state index contributed by atoms with van der Waals surface area (Å²) in [5, 5.41) is 2.87. The SMILES string of the molecule is CNCCCN(C)S(=O)(=O)c1cccc(C(F)(F)F)c1. The van der Waals surface area contributed by atoms with E-state index < -0.39 is 21.8 Å². The van der Waals surface area contributed by atoms with Crippen LogP contribution in [0.1, 0.15) is 12.0 Å². The topological polar surface area (TPSA) is 49.4 Å². The molecule has 0 aliphatic rings. The van der Waals surface area contributed by atoms with Gasteiger partial charge in [-0.15, -0.1) is 0 Å². The molecular formula is C12H17F3N2O2S. The largest absolute Gasteiger partial charge is 0.416 e. The maximum absolute atomic E-state index is 12.6. The van der Waals surface area contributed by atoms with Crippen molar-refractivity contribution in [3.8, 4) is 0 Å². The van der Waals surface area contributed by atoms with Crippen LogP contribution in [0.4, 0.5) is 13.2 Å². The molecule has 1 N–H and O–H groups in total. The maximum atomic E-state index is 12.6. The van der Waals surface area contributed by atoms with E-state index in [1.807, 2.05) is 0 Å². The Morgan fingerprint density at radius 1 is 1.30 bits per heavy atom. The number of nitrogens with zero attached hydrogens (tertiary/aromatic N) is 1. The molecule has 20 heavy (non-hydrogen) atoms. The molecule has 0 aromatic heterocycles. The predicted octanol–water partition coefficient (Wildman–Crippen LogP) is 1.94. The van der Waals surface area contributed by atoms with E-state index in [0.29, 0.717) is 19.0 Å². The van der Waals surface area contributed by atoms with Crippen LogP contribution in [0.5, 0.6) is 0 Å². The van der Waals surface area contributed by atoms with E-state index in [-0.39, 0.29) is 11.4 Å². The van der Waals surface area contributed by atoms with Crippen molar-refractivity contribution in [3.63, 3.8) is 0 Å². The minimum Gasteiger partial charge on any atom is -0.320 e. The van der Waals surface area contributed by atoms with E-state index in [9.17, 15) is 21.6 Å². The molecule has 1 aromatic carbocycles. The summed E-state index contributed by atoms with van der Waals surface area (Å²) in [6.07, 6.45) is -3.98. The Bertz CT molecular complexity index is 544. The van der Waals surface area contributed by atoms with Gasteiger partial charge in [-0.05, 0) is 38.2 Å². The molecule has 0 saturated carbocycles. The number of alkyl halides is 3. The average Bonchev–Trinajstić information content (AvgIpc) is 2.38. The number of benzene rings is 1. The van der Waals surface area contributed by atoms with Crippen LogP contribution in [-0.4, -0.2) is 39.9 Å². The molecule has 0 heterocycles. The van der Waals surface area contributed by atoms with E-state index in [4.69, 9.17) is 0 Å². The Labute approximate surface area is 116 Å². The monoisotopic (exact) mass is 310 g/mol. The second kappa shape index (κ2) is 6.55. The van der Waals surface area contributed by atoms with Gasteiger partial charge >= 0.3 is 6.18 Å². The van der Waals surface area contributed by atoms with Crippen molar-refractivity contribution in [1.82, 2.24) is 9.62 Å². The van der Waals surface area contributed by atoms with E-state index in [2.05, 4.69) is 5.32 Å². The lowest BCUT2D eigenvalue weighted by molar-refractivity contribution is -0.137. The van der Waals surface area contributed by atoms with Gasteiger partial charge in [0.05, 0.1) is 10.5 Å². The first-order valence-electron chi connectivity index (χ1n) is 5.98. The third-order valence-electron chi connectivity index (χ3n) is 2.77. The summed E-state index contributed by atoms with van der Waals surface area (Å²) in [7, 11) is -0.807. The Morgan fingerprint density at radius 2 is 1.95 bits per heavy atom. The minimum atomic E-state index is -4.56. The average molecular weight is 310 g/mol. The van der Waals surface area contributed by atoms with Crippen molar-refractivity contribution < 1.29 is 21.6 Å². The normalized spacial score (nSPS) is 12.9. The lowest BCUT2D eigenvalue weighted by Crippen LogP contribution is -2.29. The van der Waals surface area contributed by atoms with Gasteiger partial charge in [-0.25, -0.2) is 12.7 Å². The number of rotatable bonds is 6. The summed E-state index contributed by atoms with van der Waals surface area (Å²) >= 11 is 0. The zero-order valence-corrected chi connectivity index (χ0v) is 12.1. The van der Waals surface area contributed by atoms with Crippen molar-refractivity contribution in [2.45, 2.75) is 17.5 Å². The van der Waals surface area contributed by atoms with Crippen LogP contribution in [0.15, 0.2) is 29.2 Å². The standard InChI is InChI=1S/C12H17F3N2O2S/c1-16-7-4-8-17(2)20(18,19)11-6-3-5-10(9-11)12(13,14)15/h3,5-6,9,16H,4,7-8H2,1-2H3. The third-order valence-corrected chi connectivity index (χ3v) is 4.62. The molecule has 0 spiro atoms. The number of hydrogen-bond donors (Lipinski definition) is 1. The molecule has 1 rings (SSSR count). The molecule has 0 unspecified atom stereocenters. The lowest BCUT2D eigenvalue weighted by Gasteiger charge is -2.18. The third kappa shape index (κ3) is 4.19. The van der Waals surface area contributed by atoms with Gasteiger partial charge in [0, 0.05) is 13.6 Å². The second-order valence-electron chi connectivity index (χ2n) is 4.31. The Hall–Kier alpha value is -1.12. The summed E-state index contributed by atoms with van der Waals surface area (Å²) in [6.45, 7) is 0.863. The molecule has 1 aromatic rings. The van der Waals surface area contributed by atoms with Crippen LogP contribution in [0.2, 0.25) is 0 Å². The second-order valence-corrected chi connectivity index (χ2v) is 6.35. The Morgan fingerprint density at radius 3 is 2.50 bits per heavy atom. The molecule has 0 bridgehead atoms. The van der Waals surface area contributed by atoms with Crippen LogP contribution in [0, 0.1) is 0 Å². The van der Waals surface area contributed by atoms with Crippen LogP contribution < -0.4 is 5.32 Å². The van der Waals surface area contributed by atoms with Crippen molar-refractivity contribution >= 4 is 10.0 Å². The van der Waals surface area contributed by atoms with Gasteiger partial charge in [0.15, 0.2) is 0 Å². The fourth-order valence-corrected chi connectivity index (χ4v) is 2.87. The van der Waals surface area contributed by atoms with Gasteiger partial charge in [-0.3, -0.25) is 0 Å². The molecule has 114 valence electrons. The van der Waals surface area contributed by atoms with Gasteiger partial charge in [-0.1, -0.05) is 6.07 Å². The highest BCUT2D eigenvalue weighted by Crippen LogP contribution is 2.30. The molecule has 0 atom stereocenters. The van der Waals surface area contributed by atoms with Crippen LogP contribution in [0.25, 0.3) is 0 Å². The zero-order chi connectivity index (χ0) is 15.4. The fraction of sp³-hybridized carbons (Fsp3) is 0.500. The molecule has 0 saturated heterocycles. The van der Waals surface area contributed by atoms with Crippen LogP contribution in [-0.2, 0) is 16.2 Å². The zero-order valence-electron chi connectivity index (χ0n) is 11.2. The molecule has 0 radical (unpaired) electrons. The van der Waals surface area contributed by atoms with E-state index in [0.717, 1.165) is 16.4 Å². The summed E-state index contributed by atoms with van der Waals surface area (Å²) in [5.41, 5.74) is -0.970. The van der Waals surface area contributed by atoms with E-state index >= 15 is 0 Å². The summed E-state index contributed by atoms with van der Waals surface area (Å²) < 4.78 is 63.1. The summed E-state index contributed by atoms with van der Waals surface area (Å²) in [5.74, 6) is 0. The van der Waals surface area contributed by atoms with E-state index in [1.165, 1.54) is 13.1 Å². The van der Waals surface area contributed by atoms with Gasteiger partial charge in [0.1, 0.15) is 0 Å². The molecule has 8 heteroatoms. The molecule has 0 aliphatic carbocycles.